The lowest BCUT2D eigenvalue weighted by atomic mass is 10.1. The first-order valence-electron chi connectivity index (χ1n) is 6.38. The third kappa shape index (κ3) is 6.41. The Morgan fingerprint density at radius 1 is 0.941 bits per heavy atom. The summed E-state index contributed by atoms with van der Waals surface area (Å²) in [6.07, 6.45) is 9.74. The Hall–Kier alpha value is -0.900. The molecule has 96 valence electrons. The summed E-state index contributed by atoms with van der Waals surface area (Å²) in [5, 5.41) is 0.190. The molecule has 0 aromatic carbocycles. The van der Waals surface area contributed by atoms with Crippen molar-refractivity contribution >= 4 is 17.5 Å². The Kier molecular flexibility index (Phi) is 6.86. The average molecular weight is 257 g/mol. The van der Waals surface area contributed by atoms with E-state index in [0.717, 1.165) is 12.8 Å². The molecule has 0 spiro atoms. The van der Waals surface area contributed by atoms with Crippen LogP contribution in [0.25, 0.3) is 0 Å². The molecule has 5 heteroatoms. The smallest absolute Gasteiger partial charge is 0.227 e. The monoisotopic (exact) mass is 256 g/mol. The van der Waals surface area contributed by atoms with Crippen molar-refractivity contribution in [2.24, 2.45) is 0 Å². The normalized spacial score (nSPS) is 10.7. The van der Waals surface area contributed by atoms with Crippen LogP contribution >= 0.6 is 11.6 Å². The van der Waals surface area contributed by atoms with E-state index >= 15 is 0 Å². The van der Waals surface area contributed by atoms with Crippen LogP contribution in [0.15, 0.2) is 0 Å². The predicted molar refractivity (Wildman–Crippen MR) is 70.9 cm³/mol. The van der Waals surface area contributed by atoms with Gasteiger partial charge in [-0.3, -0.25) is 0 Å². The molecule has 4 nitrogen and oxygen atoms in total. The van der Waals surface area contributed by atoms with Crippen LogP contribution in [-0.2, 0) is 6.42 Å². The molecular weight excluding hydrogens is 236 g/mol. The summed E-state index contributed by atoms with van der Waals surface area (Å²) >= 11 is 5.71. The topological polar surface area (TPSA) is 64.7 Å². The molecular formula is C12H21ClN4. The van der Waals surface area contributed by atoms with Gasteiger partial charge in [0.05, 0.1) is 0 Å². The quantitative estimate of drug-likeness (QED) is 0.724. The minimum atomic E-state index is 0.190. The number of hydrogen-bond acceptors (Lipinski definition) is 4. The van der Waals surface area contributed by atoms with Gasteiger partial charge in [0.15, 0.2) is 0 Å². The van der Waals surface area contributed by atoms with Crippen molar-refractivity contribution in [3.8, 4) is 0 Å². The second-order valence-electron chi connectivity index (χ2n) is 4.25. The van der Waals surface area contributed by atoms with Gasteiger partial charge in [0.2, 0.25) is 11.2 Å². The summed E-state index contributed by atoms with van der Waals surface area (Å²) in [6, 6.07) is 0. The van der Waals surface area contributed by atoms with E-state index in [1.165, 1.54) is 38.5 Å². The van der Waals surface area contributed by atoms with Crippen molar-refractivity contribution in [3.05, 3.63) is 11.1 Å². The molecule has 0 saturated heterocycles. The molecule has 1 aromatic heterocycles. The van der Waals surface area contributed by atoms with Crippen LogP contribution in [0.1, 0.15) is 57.7 Å². The number of halogens is 1. The minimum absolute atomic E-state index is 0.190. The summed E-state index contributed by atoms with van der Waals surface area (Å²) in [5.74, 6) is 0.916. The van der Waals surface area contributed by atoms with Crippen molar-refractivity contribution < 1.29 is 0 Å². The molecule has 17 heavy (non-hydrogen) atoms. The first kappa shape index (κ1) is 14.2. The second kappa shape index (κ2) is 8.23. The maximum atomic E-state index is 5.71. The minimum Gasteiger partial charge on any atom is -0.368 e. The number of unbranched alkanes of at least 4 members (excludes halogenated alkanes) is 6. The highest BCUT2D eigenvalue weighted by molar-refractivity contribution is 6.28. The second-order valence-corrected chi connectivity index (χ2v) is 4.59. The van der Waals surface area contributed by atoms with Gasteiger partial charge in [-0.2, -0.15) is 9.97 Å². The van der Waals surface area contributed by atoms with Gasteiger partial charge in [-0.25, -0.2) is 4.98 Å². The van der Waals surface area contributed by atoms with Gasteiger partial charge in [0.1, 0.15) is 5.82 Å². The molecule has 0 aliphatic rings. The van der Waals surface area contributed by atoms with Gasteiger partial charge in [-0.05, 0) is 18.0 Å². The Morgan fingerprint density at radius 3 is 2.24 bits per heavy atom. The van der Waals surface area contributed by atoms with Crippen LogP contribution < -0.4 is 5.73 Å². The zero-order chi connectivity index (χ0) is 12.5. The zero-order valence-electron chi connectivity index (χ0n) is 10.5. The van der Waals surface area contributed by atoms with E-state index in [1.807, 2.05) is 0 Å². The Labute approximate surface area is 108 Å². The molecule has 0 saturated carbocycles. The van der Waals surface area contributed by atoms with Crippen molar-refractivity contribution in [3.63, 3.8) is 0 Å². The molecule has 1 rings (SSSR count). The van der Waals surface area contributed by atoms with Gasteiger partial charge in [-0.15, -0.1) is 0 Å². The van der Waals surface area contributed by atoms with Crippen LogP contribution in [-0.4, -0.2) is 15.0 Å². The van der Waals surface area contributed by atoms with Crippen LogP contribution in [0.2, 0.25) is 5.28 Å². The Balaban J connectivity index is 2.13. The van der Waals surface area contributed by atoms with E-state index in [9.17, 15) is 0 Å². The zero-order valence-corrected chi connectivity index (χ0v) is 11.2. The van der Waals surface area contributed by atoms with Crippen LogP contribution in [0.5, 0.6) is 0 Å². The van der Waals surface area contributed by atoms with Crippen molar-refractivity contribution in [2.45, 2.75) is 58.3 Å². The van der Waals surface area contributed by atoms with Gasteiger partial charge in [0.25, 0.3) is 0 Å². The Morgan fingerprint density at radius 2 is 1.59 bits per heavy atom. The van der Waals surface area contributed by atoms with E-state index in [-0.39, 0.29) is 11.2 Å². The van der Waals surface area contributed by atoms with Gasteiger partial charge in [0, 0.05) is 6.42 Å². The standard InChI is InChI=1S/C12H21ClN4/c1-2-3-4-5-6-7-8-9-10-15-11(13)17-12(14)16-10/h2-9H2,1H3,(H2,14,15,16,17). The van der Waals surface area contributed by atoms with Gasteiger partial charge in [-0.1, -0.05) is 45.4 Å². The average Bonchev–Trinajstić information content (AvgIpc) is 2.26. The molecule has 2 N–H and O–H groups in total. The largest absolute Gasteiger partial charge is 0.368 e. The lowest BCUT2D eigenvalue weighted by molar-refractivity contribution is 0.584. The van der Waals surface area contributed by atoms with Crippen LogP contribution in [0.4, 0.5) is 5.95 Å². The summed E-state index contributed by atoms with van der Waals surface area (Å²) in [7, 11) is 0. The maximum Gasteiger partial charge on any atom is 0.227 e. The van der Waals surface area contributed by atoms with E-state index < -0.39 is 0 Å². The van der Waals surface area contributed by atoms with Crippen molar-refractivity contribution in [1.29, 1.82) is 0 Å². The number of nitrogens with two attached hydrogens (primary N) is 1. The number of aromatic nitrogens is 3. The molecule has 0 radical (unpaired) electrons. The van der Waals surface area contributed by atoms with Crippen molar-refractivity contribution in [1.82, 2.24) is 15.0 Å². The fourth-order valence-electron chi connectivity index (χ4n) is 1.76. The first-order chi connectivity index (χ1) is 8.22. The predicted octanol–water partition coefficient (Wildman–Crippen LogP) is 3.40. The fraction of sp³-hybridized carbons (Fsp3) is 0.750. The number of anilines is 1. The highest BCUT2D eigenvalue weighted by Crippen LogP contribution is 2.10. The lowest BCUT2D eigenvalue weighted by Gasteiger charge is -2.02. The van der Waals surface area contributed by atoms with E-state index in [2.05, 4.69) is 21.9 Å². The molecule has 0 amide bonds. The third-order valence-corrected chi connectivity index (χ3v) is 2.84. The summed E-state index contributed by atoms with van der Waals surface area (Å²) in [5.41, 5.74) is 5.50. The first-order valence-corrected chi connectivity index (χ1v) is 6.76. The van der Waals surface area contributed by atoms with Gasteiger partial charge < -0.3 is 5.73 Å². The SMILES string of the molecule is CCCCCCCCCc1nc(N)nc(Cl)n1. The number of hydrogen-bond donors (Lipinski definition) is 1. The molecule has 1 heterocycles. The number of aryl methyl sites for hydroxylation is 1. The number of rotatable bonds is 8. The molecule has 0 atom stereocenters. The Bertz CT molecular complexity index is 310. The maximum absolute atomic E-state index is 5.71. The molecule has 0 aliphatic carbocycles. The molecule has 0 unspecified atom stereocenters. The molecule has 0 bridgehead atoms. The van der Waals surface area contributed by atoms with E-state index in [1.54, 1.807) is 0 Å². The number of nitrogen functional groups attached to an aromatic ring is 1. The fourth-order valence-corrected chi connectivity index (χ4v) is 1.94. The van der Waals surface area contributed by atoms with Gasteiger partial charge >= 0.3 is 0 Å². The summed E-state index contributed by atoms with van der Waals surface area (Å²) in [4.78, 5) is 11.8. The van der Waals surface area contributed by atoms with Crippen LogP contribution in [0, 0.1) is 0 Å². The number of nitrogens with zero attached hydrogens (tertiary/aromatic N) is 3. The highest BCUT2D eigenvalue weighted by atomic mass is 35.5. The van der Waals surface area contributed by atoms with E-state index in [0.29, 0.717) is 5.82 Å². The van der Waals surface area contributed by atoms with E-state index in [4.69, 9.17) is 17.3 Å². The highest BCUT2D eigenvalue weighted by Gasteiger charge is 2.02. The molecule has 0 fully saturated rings. The van der Waals surface area contributed by atoms with Crippen LogP contribution in [0.3, 0.4) is 0 Å². The molecule has 0 aliphatic heterocycles. The third-order valence-electron chi connectivity index (χ3n) is 2.68. The summed E-state index contributed by atoms with van der Waals surface area (Å²) in [6.45, 7) is 2.23. The molecule has 1 aromatic rings. The lowest BCUT2D eigenvalue weighted by Crippen LogP contribution is -2.03. The van der Waals surface area contributed by atoms with Crippen molar-refractivity contribution in [2.75, 3.05) is 5.73 Å². The summed E-state index contributed by atoms with van der Waals surface area (Å²) < 4.78 is 0.